The number of nitrogens with two attached hydrogens (primary N) is 1. The molecule has 0 aliphatic heterocycles. The van der Waals surface area contributed by atoms with Crippen molar-refractivity contribution in [3.63, 3.8) is 0 Å². The Morgan fingerprint density at radius 2 is 2.00 bits per heavy atom. The summed E-state index contributed by atoms with van der Waals surface area (Å²) in [6.45, 7) is 5.58. The van der Waals surface area contributed by atoms with Gasteiger partial charge in [-0.3, -0.25) is 5.41 Å². The summed E-state index contributed by atoms with van der Waals surface area (Å²) < 4.78 is 25.3. The Kier molecular flexibility index (Phi) is 5.23. The van der Waals surface area contributed by atoms with Gasteiger partial charge < -0.3 is 5.73 Å². The van der Waals surface area contributed by atoms with Gasteiger partial charge in [-0.05, 0) is 6.42 Å². The van der Waals surface area contributed by atoms with E-state index in [1.165, 1.54) is 0 Å². The topological polar surface area (TPSA) is 96.0 Å². The van der Waals surface area contributed by atoms with E-state index in [2.05, 4.69) is 4.72 Å². The zero-order valence-electron chi connectivity index (χ0n) is 9.63. The summed E-state index contributed by atoms with van der Waals surface area (Å²) in [5, 5.41) is 7.29. The molecule has 90 valence electrons. The van der Waals surface area contributed by atoms with Gasteiger partial charge in [-0.25, -0.2) is 13.1 Å². The van der Waals surface area contributed by atoms with Crippen molar-refractivity contribution in [1.29, 1.82) is 5.41 Å². The van der Waals surface area contributed by atoms with Crippen molar-refractivity contribution in [2.24, 2.45) is 11.1 Å². The fraction of sp³-hybridized carbons (Fsp3) is 0.889. The maximum Gasteiger partial charge on any atom is 0.211 e. The molecular weight excluding hydrogens is 214 g/mol. The second-order valence-corrected chi connectivity index (χ2v) is 6.22. The quantitative estimate of drug-likeness (QED) is 0.447. The molecule has 15 heavy (non-hydrogen) atoms. The SMILES string of the molecule is CCCCS(=O)(=O)NCC(C)(C)C(=N)N. The van der Waals surface area contributed by atoms with Crippen LogP contribution in [0.3, 0.4) is 0 Å². The van der Waals surface area contributed by atoms with Crippen LogP contribution in [0.1, 0.15) is 33.6 Å². The molecule has 0 aromatic rings. The first-order valence-electron chi connectivity index (χ1n) is 5.03. The lowest BCUT2D eigenvalue weighted by Crippen LogP contribution is -2.42. The van der Waals surface area contributed by atoms with E-state index >= 15 is 0 Å². The molecule has 0 heterocycles. The molecule has 5 nitrogen and oxygen atoms in total. The van der Waals surface area contributed by atoms with Crippen LogP contribution in [0.2, 0.25) is 0 Å². The molecule has 0 rings (SSSR count). The predicted molar refractivity (Wildman–Crippen MR) is 62.4 cm³/mol. The Balaban J connectivity index is 4.21. The van der Waals surface area contributed by atoms with Gasteiger partial charge in [0.15, 0.2) is 0 Å². The Labute approximate surface area is 92.0 Å². The average Bonchev–Trinajstić information content (AvgIpc) is 2.12. The third-order valence-corrected chi connectivity index (χ3v) is 3.64. The third kappa shape index (κ3) is 5.74. The van der Waals surface area contributed by atoms with Crippen LogP contribution in [0.25, 0.3) is 0 Å². The largest absolute Gasteiger partial charge is 0.387 e. The molecule has 0 unspecified atom stereocenters. The summed E-state index contributed by atoms with van der Waals surface area (Å²) in [4.78, 5) is 0. The highest BCUT2D eigenvalue weighted by Crippen LogP contribution is 2.12. The number of hydrogen-bond acceptors (Lipinski definition) is 3. The first-order valence-corrected chi connectivity index (χ1v) is 6.68. The number of hydrogen-bond donors (Lipinski definition) is 3. The lowest BCUT2D eigenvalue weighted by atomic mass is 9.93. The number of rotatable bonds is 7. The maximum atomic E-state index is 11.4. The molecular formula is C9H21N3O2S. The molecule has 0 aliphatic carbocycles. The summed E-state index contributed by atoms with van der Waals surface area (Å²) in [6.07, 6.45) is 1.49. The molecule has 0 amide bonds. The van der Waals surface area contributed by atoms with Crippen LogP contribution in [0.15, 0.2) is 0 Å². The second-order valence-electron chi connectivity index (χ2n) is 4.29. The van der Waals surface area contributed by atoms with Crippen LogP contribution in [-0.4, -0.2) is 26.6 Å². The highest BCUT2D eigenvalue weighted by molar-refractivity contribution is 7.89. The fourth-order valence-corrected chi connectivity index (χ4v) is 2.19. The van der Waals surface area contributed by atoms with E-state index in [0.717, 1.165) is 6.42 Å². The lowest BCUT2D eigenvalue weighted by Gasteiger charge is -2.23. The van der Waals surface area contributed by atoms with Gasteiger partial charge in [-0.1, -0.05) is 27.2 Å². The van der Waals surface area contributed by atoms with Gasteiger partial charge >= 0.3 is 0 Å². The number of amidine groups is 1. The predicted octanol–water partition coefficient (Wildman–Crippen LogP) is 0.668. The average molecular weight is 235 g/mol. The van der Waals surface area contributed by atoms with Crippen LogP contribution in [0.4, 0.5) is 0 Å². The van der Waals surface area contributed by atoms with Gasteiger partial charge in [-0.2, -0.15) is 0 Å². The van der Waals surface area contributed by atoms with Crippen molar-refractivity contribution < 1.29 is 8.42 Å². The van der Waals surface area contributed by atoms with E-state index in [1.54, 1.807) is 13.8 Å². The third-order valence-electron chi connectivity index (χ3n) is 2.23. The van der Waals surface area contributed by atoms with Gasteiger partial charge in [-0.15, -0.1) is 0 Å². The smallest absolute Gasteiger partial charge is 0.211 e. The van der Waals surface area contributed by atoms with Crippen LogP contribution in [0, 0.1) is 10.8 Å². The van der Waals surface area contributed by atoms with Crippen LogP contribution in [-0.2, 0) is 10.0 Å². The first-order chi connectivity index (χ1) is 6.71. The standard InChI is InChI=1S/C9H21N3O2S/c1-4-5-6-15(13,14)12-7-9(2,3)8(10)11/h12H,4-7H2,1-3H3,(H3,10,11). The van der Waals surface area contributed by atoms with Crippen LogP contribution in [0.5, 0.6) is 0 Å². The zero-order valence-corrected chi connectivity index (χ0v) is 10.4. The minimum Gasteiger partial charge on any atom is -0.387 e. The van der Waals surface area contributed by atoms with Gasteiger partial charge in [0.1, 0.15) is 0 Å². The van der Waals surface area contributed by atoms with Crippen molar-refractivity contribution in [2.75, 3.05) is 12.3 Å². The number of unbranched alkanes of at least 4 members (excludes halogenated alkanes) is 1. The summed E-state index contributed by atoms with van der Waals surface area (Å²) >= 11 is 0. The highest BCUT2D eigenvalue weighted by Gasteiger charge is 2.23. The Bertz CT molecular complexity index is 309. The zero-order chi connectivity index (χ0) is 12.1. The van der Waals surface area contributed by atoms with Crippen molar-refractivity contribution in [3.8, 4) is 0 Å². The lowest BCUT2D eigenvalue weighted by molar-refractivity contribution is 0.492. The monoisotopic (exact) mass is 235 g/mol. The van der Waals surface area contributed by atoms with Gasteiger partial charge in [0.05, 0.1) is 11.6 Å². The maximum absolute atomic E-state index is 11.4. The highest BCUT2D eigenvalue weighted by atomic mass is 32.2. The van der Waals surface area contributed by atoms with E-state index in [0.29, 0.717) is 6.42 Å². The Morgan fingerprint density at radius 1 is 1.47 bits per heavy atom. The molecule has 0 saturated heterocycles. The fourth-order valence-electron chi connectivity index (χ4n) is 0.792. The molecule has 0 saturated carbocycles. The molecule has 0 radical (unpaired) electrons. The van der Waals surface area contributed by atoms with Crippen LogP contribution < -0.4 is 10.5 Å². The van der Waals surface area contributed by atoms with E-state index < -0.39 is 15.4 Å². The molecule has 0 bridgehead atoms. The second kappa shape index (κ2) is 5.46. The first kappa shape index (κ1) is 14.4. The summed E-state index contributed by atoms with van der Waals surface area (Å²) in [5.41, 5.74) is 4.72. The molecule has 4 N–H and O–H groups in total. The van der Waals surface area contributed by atoms with E-state index in [9.17, 15) is 8.42 Å². The van der Waals surface area contributed by atoms with E-state index in [4.69, 9.17) is 11.1 Å². The van der Waals surface area contributed by atoms with Crippen molar-refractivity contribution >= 4 is 15.9 Å². The Morgan fingerprint density at radius 3 is 2.40 bits per heavy atom. The van der Waals surface area contributed by atoms with Gasteiger partial charge in [0.25, 0.3) is 0 Å². The Hall–Kier alpha value is -0.620. The summed E-state index contributed by atoms with van der Waals surface area (Å²) in [6, 6.07) is 0. The minimum absolute atomic E-state index is 0.0132. The molecule has 6 heteroatoms. The van der Waals surface area contributed by atoms with Crippen molar-refractivity contribution in [2.45, 2.75) is 33.6 Å². The molecule has 0 aromatic carbocycles. The molecule has 0 aliphatic rings. The van der Waals surface area contributed by atoms with Gasteiger partial charge in [0.2, 0.25) is 10.0 Å². The minimum atomic E-state index is -3.21. The van der Waals surface area contributed by atoms with Crippen LogP contribution >= 0.6 is 0 Å². The van der Waals surface area contributed by atoms with Crippen molar-refractivity contribution in [1.82, 2.24) is 4.72 Å². The summed E-state index contributed by atoms with van der Waals surface area (Å²) in [5.74, 6) is 0.123. The number of nitrogens with one attached hydrogen (secondary N) is 2. The summed E-state index contributed by atoms with van der Waals surface area (Å²) in [7, 11) is -3.21. The molecule has 0 fully saturated rings. The normalized spacial score (nSPS) is 12.7. The van der Waals surface area contributed by atoms with Gasteiger partial charge in [0, 0.05) is 12.0 Å². The van der Waals surface area contributed by atoms with E-state index in [1.807, 2.05) is 6.92 Å². The molecule has 0 spiro atoms. The molecule has 0 aromatic heterocycles. The van der Waals surface area contributed by atoms with E-state index in [-0.39, 0.29) is 18.1 Å². The number of sulfonamides is 1. The molecule has 0 atom stereocenters. The van der Waals surface area contributed by atoms with Crippen molar-refractivity contribution in [3.05, 3.63) is 0 Å².